The number of para-hydroxylation sites is 1. The Morgan fingerprint density at radius 2 is 1.23 bits per heavy atom. The number of aliphatic imine (C=N–C) groups is 2. The van der Waals surface area contributed by atoms with E-state index >= 15 is 0 Å². The number of hydrogen-bond acceptors (Lipinski definition) is 4. The summed E-state index contributed by atoms with van der Waals surface area (Å²) in [6.07, 6.45) is 10.5. The maximum absolute atomic E-state index is 6.67. The zero-order valence-electron chi connectivity index (χ0n) is 29.5. The average molecular weight is 685 g/mol. The Labute approximate surface area is 307 Å². The summed E-state index contributed by atoms with van der Waals surface area (Å²) < 4.78 is 12.9. The number of hydrogen-bond donors (Lipinski definition) is 0. The summed E-state index contributed by atoms with van der Waals surface area (Å²) in [4.78, 5) is 10.8. The van der Waals surface area contributed by atoms with Gasteiger partial charge in [-0.1, -0.05) is 128 Å². The van der Waals surface area contributed by atoms with Crippen molar-refractivity contribution in [1.82, 2.24) is 0 Å². The van der Waals surface area contributed by atoms with Crippen molar-refractivity contribution in [2.24, 2.45) is 9.98 Å². The monoisotopic (exact) mass is 684 g/mol. The molecule has 0 amide bonds. The number of benzene rings is 6. The van der Waals surface area contributed by atoms with Crippen molar-refractivity contribution < 1.29 is 8.83 Å². The van der Waals surface area contributed by atoms with Gasteiger partial charge in [-0.3, -0.25) is 0 Å². The van der Waals surface area contributed by atoms with Crippen LogP contribution in [0.5, 0.6) is 0 Å². The third-order valence-electron chi connectivity index (χ3n) is 10.6. The summed E-state index contributed by atoms with van der Waals surface area (Å²) in [5.74, 6) is 0.717. The molecule has 1 aliphatic carbocycles. The highest BCUT2D eigenvalue weighted by atomic mass is 16.3. The van der Waals surface area contributed by atoms with Crippen LogP contribution in [0.4, 0.5) is 0 Å². The second-order valence-corrected chi connectivity index (χ2v) is 13.8. The predicted molar refractivity (Wildman–Crippen MR) is 221 cm³/mol. The molecule has 0 bridgehead atoms. The molecule has 0 saturated heterocycles. The Kier molecular flexibility index (Phi) is 7.61. The summed E-state index contributed by atoms with van der Waals surface area (Å²) in [6.45, 7) is 2.22. The van der Waals surface area contributed by atoms with Crippen LogP contribution in [-0.4, -0.2) is 11.5 Å². The molecular weight excluding hydrogens is 649 g/mol. The molecule has 4 heteroatoms. The SMILES string of the molecule is CCC1=C(c2cccc3oc4cc(-c5cccc6oc7ccccc7c56)ccc4c23)N=C(c2ccc(C3=CCCC=C3)cc2)N=C(c2ccccc2)C1. The van der Waals surface area contributed by atoms with E-state index < -0.39 is 0 Å². The van der Waals surface area contributed by atoms with Crippen LogP contribution >= 0.6 is 0 Å². The predicted octanol–water partition coefficient (Wildman–Crippen LogP) is 13.3. The molecule has 10 rings (SSSR count). The average Bonchev–Trinajstić information content (AvgIpc) is 3.73. The molecule has 0 saturated carbocycles. The molecule has 0 spiro atoms. The number of amidine groups is 1. The van der Waals surface area contributed by atoms with Crippen molar-refractivity contribution in [2.75, 3.05) is 0 Å². The number of nitrogens with zero attached hydrogens (tertiary/aromatic N) is 2. The van der Waals surface area contributed by atoms with Crippen molar-refractivity contribution in [2.45, 2.75) is 32.6 Å². The second kappa shape index (κ2) is 12.9. The van der Waals surface area contributed by atoms with Gasteiger partial charge in [-0.2, -0.15) is 0 Å². The Morgan fingerprint density at radius 3 is 2.02 bits per heavy atom. The molecule has 2 aromatic heterocycles. The summed E-state index contributed by atoms with van der Waals surface area (Å²) in [6, 6.07) is 46.6. The molecule has 53 heavy (non-hydrogen) atoms. The van der Waals surface area contributed by atoms with Gasteiger partial charge in [0.2, 0.25) is 0 Å². The molecule has 0 radical (unpaired) electrons. The fourth-order valence-corrected chi connectivity index (χ4v) is 7.98. The fourth-order valence-electron chi connectivity index (χ4n) is 7.98. The van der Waals surface area contributed by atoms with Crippen LogP contribution in [0, 0.1) is 0 Å². The van der Waals surface area contributed by atoms with Gasteiger partial charge in [-0.15, -0.1) is 0 Å². The molecule has 4 nitrogen and oxygen atoms in total. The fraction of sp³-hybridized carbons (Fsp3) is 0.102. The van der Waals surface area contributed by atoms with E-state index in [2.05, 4.69) is 140 Å². The van der Waals surface area contributed by atoms with Gasteiger partial charge in [0.25, 0.3) is 0 Å². The van der Waals surface area contributed by atoms with Gasteiger partial charge < -0.3 is 8.83 Å². The van der Waals surface area contributed by atoms with Gasteiger partial charge in [-0.05, 0) is 83.0 Å². The molecule has 6 aromatic carbocycles. The minimum atomic E-state index is 0.706. The van der Waals surface area contributed by atoms with Crippen molar-refractivity contribution in [1.29, 1.82) is 0 Å². The minimum absolute atomic E-state index is 0.706. The largest absolute Gasteiger partial charge is 0.456 e. The molecule has 254 valence electrons. The first-order valence-corrected chi connectivity index (χ1v) is 18.5. The van der Waals surface area contributed by atoms with E-state index in [1.807, 2.05) is 18.2 Å². The van der Waals surface area contributed by atoms with Gasteiger partial charge in [-0.25, -0.2) is 9.98 Å². The normalized spacial score (nSPS) is 14.9. The van der Waals surface area contributed by atoms with Gasteiger partial charge in [0.1, 0.15) is 22.3 Å². The number of furan rings is 2. The van der Waals surface area contributed by atoms with Gasteiger partial charge in [0.15, 0.2) is 5.84 Å². The van der Waals surface area contributed by atoms with E-state index in [-0.39, 0.29) is 0 Å². The summed E-state index contributed by atoms with van der Waals surface area (Å²) in [5, 5.41) is 4.36. The van der Waals surface area contributed by atoms with E-state index in [1.165, 1.54) is 16.7 Å². The van der Waals surface area contributed by atoms with Gasteiger partial charge in [0, 0.05) is 39.1 Å². The highest BCUT2D eigenvalue weighted by Crippen LogP contribution is 2.42. The zero-order chi connectivity index (χ0) is 35.3. The maximum atomic E-state index is 6.67. The maximum Gasteiger partial charge on any atom is 0.160 e. The number of fused-ring (bicyclic) bond motifs is 6. The van der Waals surface area contributed by atoms with Crippen LogP contribution in [0.2, 0.25) is 0 Å². The third-order valence-corrected chi connectivity index (χ3v) is 10.6. The van der Waals surface area contributed by atoms with E-state index in [0.717, 1.165) is 108 Å². The lowest BCUT2D eigenvalue weighted by molar-refractivity contribution is 0.668. The summed E-state index contributed by atoms with van der Waals surface area (Å²) >= 11 is 0. The second-order valence-electron chi connectivity index (χ2n) is 13.8. The molecule has 0 fully saturated rings. The molecular formula is C49H36N2O2. The van der Waals surface area contributed by atoms with Crippen LogP contribution in [0.1, 0.15) is 54.9 Å². The lowest BCUT2D eigenvalue weighted by Crippen LogP contribution is -2.06. The summed E-state index contributed by atoms with van der Waals surface area (Å²) in [5.41, 5.74) is 14.5. The van der Waals surface area contributed by atoms with E-state index in [4.69, 9.17) is 18.8 Å². The molecule has 0 atom stereocenters. The van der Waals surface area contributed by atoms with Gasteiger partial charge in [0.05, 0.1) is 11.4 Å². The van der Waals surface area contributed by atoms with Crippen LogP contribution in [0.15, 0.2) is 176 Å². The third kappa shape index (κ3) is 5.46. The Hall–Kier alpha value is -6.52. The van der Waals surface area contributed by atoms with Crippen LogP contribution in [-0.2, 0) is 0 Å². The lowest BCUT2D eigenvalue weighted by Gasteiger charge is -2.12. The lowest BCUT2D eigenvalue weighted by atomic mass is 9.94. The minimum Gasteiger partial charge on any atom is -0.456 e. The molecule has 3 heterocycles. The molecule has 0 unspecified atom stereocenters. The smallest absolute Gasteiger partial charge is 0.160 e. The van der Waals surface area contributed by atoms with Gasteiger partial charge >= 0.3 is 0 Å². The highest BCUT2D eigenvalue weighted by molar-refractivity contribution is 6.18. The quantitative estimate of drug-likeness (QED) is 0.175. The van der Waals surface area contributed by atoms with E-state index in [9.17, 15) is 0 Å². The van der Waals surface area contributed by atoms with E-state index in [1.54, 1.807) is 0 Å². The van der Waals surface area contributed by atoms with Crippen LogP contribution in [0.3, 0.4) is 0 Å². The van der Waals surface area contributed by atoms with Crippen molar-refractivity contribution in [3.05, 3.63) is 180 Å². The van der Waals surface area contributed by atoms with Crippen molar-refractivity contribution in [3.63, 3.8) is 0 Å². The standard InChI is InChI=1S/C49H36N2O2/c1-2-31-29-41(34-15-7-4-8-16-34)50-49(35-25-23-33(24-26-35)32-13-5-3-6-14-32)51-48(31)40-19-12-22-44-47(40)39-28-27-36(30-45(39)53-44)37-18-11-21-43-46(37)38-17-9-10-20-42(38)52-43/h4-5,7-28,30H,2-3,6,29H2,1H3. The first-order valence-electron chi connectivity index (χ1n) is 18.5. The van der Waals surface area contributed by atoms with Crippen molar-refractivity contribution in [3.8, 4) is 11.1 Å². The Morgan fingerprint density at radius 1 is 0.547 bits per heavy atom. The summed E-state index contributed by atoms with van der Waals surface area (Å²) in [7, 11) is 0. The highest BCUT2D eigenvalue weighted by Gasteiger charge is 2.23. The first kappa shape index (κ1) is 31.2. The zero-order valence-corrected chi connectivity index (χ0v) is 29.5. The molecule has 1 aliphatic heterocycles. The van der Waals surface area contributed by atoms with Crippen LogP contribution < -0.4 is 0 Å². The Bertz CT molecular complexity index is 2880. The number of allylic oxidation sites excluding steroid dienone is 5. The molecule has 8 aromatic rings. The first-order chi connectivity index (χ1) is 26.2. The molecule has 0 N–H and O–H groups in total. The number of rotatable bonds is 6. The topological polar surface area (TPSA) is 51.0 Å². The Balaban J connectivity index is 1.13. The molecule has 2 aliphatic rings. The van der Waals surface area contributed by atoms with E-state index in [0.29, 0.717) is 6.42 Å². The van der Waals surface area contributed by atoms with Crippen LogP contribution in [0.25, 0.3) is 66.3 Å². The van der Waals surface area contributed by atoms with Crippen molar-refractivity contribution >= 4 is 66.7 Å².